The highest BCUT2D eigenvalue weighted by Gasteiger charge is 2.02. The van der Waals surface area contributed by atoms with Gasteiger partial charge in [0, 0.05) is 13.0 Å². The third kappa shape index (κ3) is 25.3. The molecule has 0 unspecified atom stereocenters. The van der Waals surface area contributed by atoms with E-state index in [4.69, 9.17) is 23.7 Å². The van der Waals surface area contributed by atoms with E-state index in [9.17, 15) is 4.79 Å². The molecule has 0 N–H and O–H groups in total. The summed E-state index contributed by atoms with van der Waals surface area (Å²) in [7, 11) is 0. The molecule has 30 heavy (non-hydrogen) atoms. The van der Waals surface area contributed by atoms with E-state index >= 15 is 0 Å². The van der Waals surface area contributed by atoms with Gasteiger partial charge in [0.1, 0.15) is 6.61 Å². The number of esters is 1. The average molecular weight is 433 g/mol. The predicted molar refractivity (Wildman–Crippen MR) is 121 cm³/mol. The van der Waals surface area contributed by atoms with Crippen molar-refractivity contribution in [3.05, 3.63) is 0 Å². The minimum absolute atomic E-state index is 0.120. The summed E-state index contributed by atoms with van der Waals surface area (Å²) in [5.74, 6) is -0.120. The summed E-state index contributed by atoms with van der Waals surface area (Å²) in [5, 5.41) is 0. The maximum Gasteiger partial charge on any atom is 0.305 e. The normalized spacial score (nSPS) is 11.1. The van der Waals surface area contributed by atoms with Gasteiger partial charge >= 0.3 is 5.97 Å². The molecule has 180 valence electrons. The van der Waals surface area contributed by atoms with Gasteiger partial charge in [-0.3, -0.25) is 4.79 Å². The Bertz CT molecular complexity index is 338. The van der Waals surface area contributed by atoms with Crippen molar-refractivity contribution in [2.75, 3.05) is 59.5 Å². The van der Waals surface area contributed by atoms with Gasteiger partial charge in [0.15, 0.2) is 0 Å². The van der Waals surface area contributed by atoms with E-state index in [0.717, 1.165) is 25.9 Å². The topological polar surface area (TPSA) is 63.2 Å². The van der Waals surface area contributed by atoms with Crippen molar-refractivity contribution in [1.82, 2.24) is 0 Å². The Kier molecular flexibility index (Phi) is 25.7. The summed E-state index contributed by atoms with van der Waals surface area (Å²) in [6, 6.07) is 0. The van der Waals surface area contributed by atoms with Crippen LogP contribution in [-0.4, -0.2) is 65.4 Å². The van der Waals surface area contributed by atoms with Crippen molar-refractivity contribution in [3.8, 4) is 0 Å². The van der Waals surface area contributed by atoms with Crippen molar-refractivity contribution < 1.29 is 28.5 Å². The predicted octanol–water partition coefficient (Wildman–Crippen LogP) is 5.32. The highest BCUT2D eigenvalue weighted by atomic mass is 16.6. The molecule has 0 aliphatic rings. The molecule has 0 aliphatic carbocycles. The molecule has 0 saturated heterocycles. The van der Waals surface area contributed by atoms with Crippen molar-refractivity contribution in [2.45, 2.75) is 90.9 Å². The van der Waals surface area contributed by atoms with Crippen LogP contribution in [0.5, 0.6) is 0 Å². The van der Waals surface area contributed by atoms with E-state index < -0.39 is 0 Å². The standard InChI is InChI=1S/C24H48O6/c1-3-5-7-9-10-11-12-14-24(25)30-23-22-29-21-20-28-19-18-27-17-16-26-15-13-8-6-4-2/h3-23H2,1-2H3. The van der Waals surface area contributed by atoms with Crippen molar-refractivity contribution in [3.63, 3.8) is 0 Å². The molecule has 0 spiro atoms. The zero-order chi connectivity index (χ0) is 22.0. The SMILES string of the molecule is CCCCCCCCCC(=O)OCCOCCOCCOCCOCCCCCC. The van der Waals surface area contributed by atoms with Crippen LogP contribution in [-0.2, 0) is 28.5 Å². The molecular weight excluding hydrogens is 384 g/mol. The number of carbonyl (C=O) groups excluding carboxylic acids is 1. The largest absolute Gasteiger partial charge is 0.463 e. The summed E-state index contributed by atoms with van der Waals surface area (Å²) >= 11 is 0. The summed E-state index contributed by atoms with van der Waals surface area (Å²) in [6.07, 6.45) is 13.8. The lowest BCUT2D eigenvalue weighted by molar-refractivity contribution is -0.145. The molecule has 0 atom stereocenters. The average Bonchev–Trinajstić information content (AvgIpc) is 2.75. The van der Waals surface area contributed by atoms with Crippen LogP contribution >= 0.6 is 0 Å². The third-order valence-electron chi connectivity index (χ3n) is 4.73. The lowest BCUT2D eigenvalue weighted by Gasteiger charge is -2.08. The van der Waals surface area contributed by atoms with Gasteiger partial charge in [0.05, 0.1) is 46.2 Å². The number of unbranched alkanes of at least 4 members (excludes halogenated alkanes) is 9. The van der Waals surface area contributed by atoms with E-state index in [1.165, 1.54) is 51.4 Å². The van der Waals surface area contributed by atoms with Gasteiger partial charge in [-0.25, -0.2) is 0 Å². The van der Waals surface area contributed by atoms with E-state index in [-0.39, 0.29) is 5.97 Å². The molecule has 0 fully saturated rings. The van der Waals surface area contributed by atoms with Gasteiger partial charge in [0.2, 0.25) is 0 Å². The molecule has 0 bridgehead atoms. The lowest BCUT2D eigenvalue weighted by Crippen LogP contribution is -2.14. The molecule has 0 heterocycles. The van der Waals surface area contributed by atoms with Crippen LogP contribution in [0.1, 0.15) is 90.9 Å². The van der Waals surface area contributed by atoms with Crippen LogP contribution in [0.25, 0.3) is 0 Å². The third-order valence-corrected chi connectivity index (χ3v) is 4.73. The molecule has 0 aromatic heterocycles. The summed E-state index contributed by atoms with van der Waals surface area (Å²) < 4.78 is 27.0. The van der Waals surface area contributed by atoms with Crippen molar-refractivity contribution >= 4 is 5.97 Å². The van der Waals surface area contributed by atoms with Crippen molar-refractivity contribution in [2.24, 2.45) is 0 Å². The number of rotatable bonds is 25. The Balaban J connectivity index is 3.11. The van der Waals surface area contributed by atoms with E-state index in [1.807, 2.05) is 0 Å². The summed E-state index contributed by atoms with van der Waals surface area (Å²) in [5.41, 5.74) is 0. The lowest BCUT2D eigenvalue weighted by atomic mass is 10.1. The van der Waals surface area contributed by atoms with Crippen LogP contribution < -0.4 is 0 Å². The first-order valence-electron chi connectivity index (χ1n) is 12.3. The Morgan fingerprint density at radius 3 is 1.40 bits per heavy atom. The van der Waals surface area contributed by atoms with Crippen LogP contribution in [0.2, 0.25) is 0 Å². The number of hydrogen-bond acceptors (Lipinski definition) is 6. The second kappa shape index (κ2) is 26.3. The van der Waals surface area contributed by atoms with E-state index in [2.05, 4.69) is 13.8 Å². The smallest absolute Gasteiger partial charge is 0.305 e. The first-order chi connectivity index (χ1) is 14.8. The van der Waals surface area contributed by atoms with Gasteiger partial charge < -0.3 is 23.7 Å². The Hall–Kier alpha value is -0.690. The molecule has 0 aromatic carbocycles. The summed E-state index contributed by atoms with van der Waals surface area (Å²) in [6.45, 7) is 9.36. The first-order valence-corrected chi connectivity index (χ1v) is 12.3. The first kappa shape index (κ1) is 29.3. The number of carbonyl (C=O) groups is 1. The number of ether oxygens (including phenoxy) is 5. The van der Waals surface area contributed by atoms with Gasteiger partial charge in [0.25, 0.3) is 0 Å². The molecule has 6 nitrogen and oxygen atoms in total. The fourth-order valence-corrected chi connectivity index (χ4v) is 2.91. The monoisotopic (exact) mass is 432 g/mol. The molecule has 6 heteroatoms. The molecule has 0 rings (SSSR count). The molecule has 0 aromatic rings. The molecule has 0 aliphatic heterocycles. The fourth-order valence-electron chi connectivity index (χ4n) is 2.91. The number of hydrogen-bond donors (Lipinski definition) is 0. The van der Waals surface area contributed by atoms with Crippen LogP contribution in [0.4, 0.5) is 0 Å². The zero-order valence-electron chi connectivity index (χ0n) is 19.8. The fraction of sp³-hybridized carbons (Fsp3) is 0.958. The maximum atomic E-state index is 11.6. The zero-order valence-corrected chi connectivity index (χ0v) is 19.8. The Morgan fingerprint density at radius 1 is 0.467 bits per heavy atom. The highest BCUT2D eigenvalue weighted by Crippen LogP contribution is 2.08. The minimum atomic E-state index is -0.120. The van der Waals surface area contributed by atoms with Crippen molar-refractivity contribution in [1.29, 1.82) is 0 Å². The van der Waals surface area contributed by atoms with E-state index in [0.29, 0.717) is 59.3 Å². The van der Waals surface area contributed by atoms with Crippen LogP contribution in [0.3, 0.4) is 0 Å². The van der Waals surface area contributed by atoms with Gasteiger partial charge in [-0.15, -0.1) is 0 Å². The second-order valence-corrected chi connectivity index (χ2v) is 7.60. The quantitative estimate of drug-likeness (QED) is 0.144. The Morgan fingerprint density at radius 2 is 0.867 bits per heavy atom. The minimum Gasteiger partial charge on any atom is -0.463 e. The van der Waals surface area contributed by atoms with Gasteiger partial charge in [-0.1, -0.05) is 71.6 Å². The highest BCUT2D eigenvalue weighted by molar-refractivity contribution is 5.69. The van der Waals surface area contributed by atoms with Crippen LogP contribution in [0, 0.1) is 0 Å². The van der Waals surface area contributed by atoms with Crippen LogP contribution in [0.15, 0.2) is 0 Å². The molecule has 0 saturated carbocycles. The van der Waals surface area contributed by atoms with Gasteiger partial charge in [-0.05, 0) is 12.8 Å². The van der Waals surface area contributed by atoms with Gasteiger partial charge in [-0.2, -0.15) is 0 Å². The maximum absolute atomic E-state index is 11.6. The Labute approximate surface area is 185 Å². The summed E-state index contributed by atoms with van der Waals surface area (Å²) in [4.78, 5) is 11.6. The molecule has 0 amide bonds. The molecule has 0 radical (unpaired) electrons. The van der Waals surface area contributed by atoms with E-state index in [1.54, 1.807) is 0 Å². The second-order valence-electron chi connectivity index (χ2n) is 7.60. The molecular formula is C24H48O6.